The number of benzene rings is 1. The zero-order valence-electron chi connectivity index (χ0n) is 12.7. The van der Waals surface area contributed by atoms with Crippen molar-refractivity contribution in [3.05, 3.63) is 45.0 Å². The average molecular weight is 371 g/mol. The predicted octanol–water partition coefficient (Wildman–Crippen LogP) is 1.88. The number of nitrogens with one attached hydrogen (secondary N) is 1. The third-order valence-electron chi connectivity index (χ3n) is 3.00. The number of esters is 1. The fourth-order valence-corrected chi connectivity index (χ4v) is 3.94. The number of carbonyl (C=O) groups excluding carboxylic acids is 1. The van der Waals surface area contributed by atoms with Crippen LogP contribution in [0.15, 0.2) is 29.2 Å². The molecule has 0 aliphatic rings. The summed E-state index contributed by atoms with van der Waals surface area (Å²) < 4.78 is 31.4. The van der Waals surface area contributed by atoms with Crippen LogP contribution in [0.2, 0.25) is 0 Å². The first-order valence-corrected chi connectivity index (χ1v) is 8.83. The monoisotopic (exact) mass is 371 g/mol. The van der Waals surface area contributed by atoms with Crippen LogP contribution < -0.4 is 4.72 Å². The number of thiazole rings is 1. The molecule has 0 fully saturated rings. The maximum atomic E-state index is 12.3. The Labute approximate surface area is 141 Å². The van der Waals surface area contributed by atoms with Gasteiger partial charge in [0.1, 0.15) is 0 Å². The van der Waals surface area contributed by atoms with E-state index < -0.39 is 20.9 Å². The number of methoxy groups -OCH3 is 1. The van der Waals surface area contributed by atoms with Gasteiger partial charge in [-0.05, 0) is 19.1 Å². The molecule has 0 spiro atoms. The zero-order chi connectivity index (χ0) is 17.9. The second-order valence-electron chi connectivity index (χ2n) is 4.64. The molecular weight excluding hydrogens is 358 g/mol. The first-order valence-electron chi connectivity index (χ1n) is 6.53. The standard InChI is InChI=1S/C13H13N3O6S2/c1-8-11(7-12(17)22-2)23-13(14-8)15-24(20,21)10-5-3-9(4-6-10)16(18)19/h3-6H,7H2,1-2H3,(H,14,15). The van der Waals surface area contributed by atoms with Gasteiger partial charge in [0.2, 0.25) is 0 Å². The Morgan fingerprint density at radius 1 is 1.38 bits per heavy atom. The molecule has 11 heteroatoms. The van der Waals surface area contributed by atoms with Crippen molar-refractivity contribution >= 4 is 38.1 Å². The van der Waals surface area contributed by atoms with Crippen molar-refractivity contribution in [3.63, 3.8) is 0 Å². The number of nitro benzene ring substituents is 1. The molecule has 0 radical (unpaired) electrons. The van der Waals surface area contributed by atoms with Gasteiger partial charge in [0.25, 0.3) is 15.7 Å². The van der Waals surface area contributed by atoms with E-state index in [1.54, 1.807) is 6.92 Å². The van der Waals surface area contributed by atoms with Crippen LogP contribution in [0.5, 0.6) is 0 Å². The smallest absolute Gasteiger partial charge is 0.310 e. The summed E-state index contributed by atoms with van der Waals surface area (Å²) in [5.41, 5.74) is 0.311. The summed E-state index contributed by atoms with van der Waals surface area (Å²) in [4.78, 5) is 25.8. The number of nitro groups is 1. The molecule has 1 heterocycles. The maximum Gasteiger partial charge on any atom is 0.310 e. The van der Waals surface area contributed by atoms with E-state index in [0.29, 0.717) is 10.6 Å². The van der Waals surface area contributed by atoms with E-state index in [1.807, 2.05) is 0 Å². The van der Waals surface area contributed by atoms with Gasteiger partial charge in [0.15, 0.2) is 5.13 Å². The van der Waals surface area contributed by atoms with Crippen LogP contribution in [-0.2, 0) is 26.0 Å². The molecule has 0 unspecified atom stereocenters. The minimum atomic E-state index is -3.93. The van der Waals surface area contributed by atoms with Crippen LogP contribution in [0.25, 0.3) is 0 Å². The molecule has 0 saturated carbocycles. The number of ether oxygens (including phenoxy) is 1. The molecule has 0 aliphatic heterocycles. The van der Waals surface area contributed by atoms with E-state index in [2.05, 4.69) is 14.4 Å². The number of carbonyl (C=O) groups is 1. The van der Waals surface area contributed by atoms with Crippen LogP contribution in [0.3, 0.4) is 0 Å². The van der Waals surface area contributed by atoms with Crippen LogP contribution in [-0.4, -0.2) is 31.4 Å². The highest BCUT2D eigenvalue weighted by molar-refractivity contribution is 7.93. The number of non-ortho nitro benzene ring substituents is 1. The number of nitrogens with zero attached hydrogens (tertiary/aromatic N) is 2. The van der Waals surface area contributed by atoms with Gasteiger partial charge in [-0.2, -0.15) is 0 Å². The van der Waals surface area contributed by atoms with Crippen LogP contribution in [0, 0.1) is 17.0 Å². The Morgan fingerprint density at radius 2 is 2.00 bits per heavy atom. The number of hydrogen-bond acceptors (Lipinski definition) is 8. The lowest BCUT2D eigenvalue weighted by Gasteiger charge is -2.04. The average Bonchev–Trinajstić information content (AvgIpc) is 2.85. The Kier molecular flexibility index (Phi) is 5.14. The van der Waals surface area contributed by atoms with Gasteiger partial charge in [-0.25, -0.2) is 13.4 Å². The summed E-state index contributed by atoms with van der Waals surface area (Å²) in [6.45, 7) is 1.65. The summed E-state index contributed by atoms with van der Waals surface area (Å²) in [5, 5.41) is 10.7. The highest BCUT2D eigenvalue weighted by atomic mass is 32.2. The highest BCUT2D eigenvalue weighted by Gasteiger charge is 2.19. The van der Waals surface area contributed by atoms with Gasteiger partial charge in [0, 0.05) is 17.0 Å². The molecule has 0 bridgehead atoms. The minimum absolute atomic E-state index is 0.000735. The molecular formula is C13H13N3O6S2. The zero-order valence-corrected chi connectivity index (χ0v) is 14.3. The molecule has 2 aromatic rings. The number of sulfonamides is 1. The number of hydrogen-bond donors (Lipinski definition) is 1. The summed E-state index contributed by atoms with van der Waals surface area (Å²) in [5.74, 6) is -0.452. The molecule has 1 N–H and O–H groups in total. The lowest BCUT2D eigenvalue weighted by Crippen LogP contribution is -2.12. The molecule has 128 valence electrons. The van der Waals surface area contributed by atoms with E-state index in [4.69, 9.17) is 0 Å². The fraction of sp³-hybridized carbons (Fsp3) is 0.231. The highest BCUT2D eigenvalue weighted by Crippen LogP contribution is 2.26. The molecule has 9 nitrogen and oxygen atoms in total. The maximum absolute atomic E-state index is 12.3. The Hall–Kier alpha value is -2.53. The summed E-state index contributed by atoms with van der Waals surface area (Å²) >= 11 is 1.02. The fourth-order valence-electron chi connectivity index (χ4n) is 1.76. The van der Waals surface area contributed by atoms with Crippen molar-refractivity contribution in [3.8, 4) is 0 Å². The van der Waals surface area contributed by atoms with Crippen molar-refractivity contribution in [1.29, 1.82) is 0 Å². The van der Waals surface area contributed by atoms with Crippen molar-refractivity contribution in [2.24, 2.45) is 0 Å². The molecule has 0 saturated heterocycles. The van der Waals surface area contributed by atoms with Gasteiger partial charge >= 0.3 is 5.97 Å². The quantitative estimate of drug-likeness (QED) is 0.466. The first kappa shape index (κ1) is 17.8. The molecule has 0 atom stereocenters. The van der Waals surface area contributed by atoms with Gasteiger partial charge in [-0.1, -0.05) is 0 Å². The summed E-state index contributed by atoms with van der Waals surface area (Å²) in [6, 6.07) is 4.47. The molecule has 1 aromatic carbocycles. The van der Waals surface area contributed by atoms with Gasteiger partial charge in [0.05, 0.1) is 29.0 Å². The van der Waals surface area contributed by atoms with Crippen LogP contribution in [0.4, 0.5) is 10.8 Å². The molecule has 1 aromatic heterocycles. The number of anilines is 1. The van der Waals surface area contributed by atoms with Gasteiger partial charge in [-0.3, -0.25) is 19.6 Å². The normalized spacial score (nSPS) is 11.1. The van der Waals surface area contributed by atoms with Crippen molar-refractivity contribution in [2.45, 2.75) is 18.2 Å². The molecule has 24 heavy (non-hydrogen) atoms. The van der Waals surface area contributed by atoms with E-state index >= 15 is 0 Å². The number of rotatable bonds is 6. The van der Waals surface area contributed by atoms with Crippen molar-refractivity contribution < 1.29 is 22.9 Å². The third-order valence-corrected chi connectivity index (χ3v) is 5.56. The lowest BCUT2D eigenvalue weighted by molar-refractivity contribution is -0.384. The van der Waals surface area contributed by atoms with E-state index in [-0.39, 0.29) is 22.1 Å². The second-order valence-corrected chi connectivity index (χ2v) is 7.40. The summed E-state index contributed by atoms with van der Waals surface area (Å²) in [6.07, 6.45) is -0.000735. The van der Waals surface area contributed by atoms with E-state index in [0.717, 1.165) is 35.6 Å². The second kappa shape index (κ2) is 6.93. The number of aryl methyl sites for hydroxylation is 1. The third kappa shape index (κ3) is 4.06. The molecule has 0 aliphatic carbocycles. The number of aromatic nitrogens is 1. The topological polar surface area (TPSA) is 128 Å². The van der Waals surface area contributed by atoms with Gasteiger partial charge in [-0.15, -0.1) is 11.3 Å². The van der Waals surface area contributed by atoms with Gasteiger partial charge < -0.3 is 4.74 Å². The van der Waals surface area contributed by atoms with Crippen molar-refractivity contribution in [2.75, 3.05) is 11.8 Å². The first-order chi connectivity index (χ1) is 11.2. The minimum Gasteiger partial charge on any atom is -0.469 e. The Morgan fingerprint density at radius 3 is 2.54 bits per heavy atom. The summed E-state index contributed by atoms with van der Waals surface area (Å²) in [7, 11) is -2.67. The largest absolute Gasteiger partial charge is 0.469 e. The van der Waals surface area contributed by atoms with Crippen molar-refractivity contribution in [1.82, 2.24) is 4.98 Å². The van der Waals surface area contributed by atoms with E-state index in [1.165, 1.54) is 7.11 Å². The van der Waals surface area contributed by atoms with Crippen LogP contribution in [0.1, 0.15) is 10.6 Å². The lowest BCUT2D eigenvalue weighted by atomic mass is 10.3. The predicted molar refractivity (Wildman–Crippen MR) is 86.5 cm³/mol. The SMILES string of the molecule is COC(=O)Cc1sc(NS(=O)(=O)c2ccc([N+](=O)[O-])cc2)nc1C. The Bertz CT molecular complexity index is 874. The van der Waals surface area contributed by atoms with E-state index in [9.17, 15) is 23.3 Å². The van der Waals surface area contributed by atoms with Crippen LogP contribution >= 0.6 is 11.3 Å². The molecule has 2 rings (SSSR count). The Balaban J connectivity index is 2.21. The molecule has 0 amide bonds.